The average Bonchev–Trinajstić information content (AvgIpc) is 3.25. The van der Waals surface area contributed by atoms with E-state index in [1.54, 1.807) is 48.8 Å². The normalized spacial score (nSPS) is 10.9. The van der Waals surface area contributed by atoms with Crippen LogP contribution in [-0.4, -0.2) is 16.0 Å². The lowest BCUT2D eigenvalue weighted by molar-refractivity contribution is 0.101. The second-order valence-electron chi connectivity index (χ2n) is 5.85. The van der Waals surface area contributed by atoms with Crippen LogP contribution in [0.5, 0.6) is 0 Å². The fourth-order valence-corrected chi connectivity index (χ4v) is 2.44. The summed E-state index contributed by atoms with van der Waals surface area (Å²) in [5, 5.41) is 14.9. The van der Waals surface area contributed by atoms with Crippen molar-refractivity contribution in [1.29, 1.82) is 0 Å². The number of carbonyl (C=O) groups is 1. The second kappa shape index (κ2) is 8.05. The van der Waals surface area contributed by atoms with Gasteiger partial charge in [0, 0.05) is 29.7 Å². The lowest BCUT2D eigenvalue weighted by atomic mass is 10.2. The van der Waals surface area contributed by atoms with E-state index in [1.807, 2.05) is 36.4 Å². The number of amides is 1. The molecule has 0 aliphatic carbocycles. The standard InChI is InChI=1S/C21H15N5O2/c27-21(19-13-20(28-26-19)15-5-4-12-22-14-15)23-16-8-10-18(11-9-16)25-24-17-6-2-1-3-7-17/h1-14H,(H,23,27). The van der Waals surface area contributed by atoms with Gasteiger partial charge in [0.15, 0.2) is 11.5 Å². The number of hydrogen-bond acceptors (Lipinski definition) is 6. The van der Waals surface area contributed by atoms with Crippen molar-refractivity contribution in [2.45, 2.75) is 0 Å². The van der Waals surface area contributed by atoms with Crippen LogP contribution in [-0.2, 0) is 0 Å². The lowest BCUT2D eigenvalue weighted by Gasteiger charge is -2.02. The van der Waals surface area contributed by atoms with E-state index in [-0.39, 0.29) is 11.6 Å². The third kappa shape index (κ3) is 4.16. The zero-order valence-electron chi connectivity index (χ0n) is 14.7. The van der Waals surface area contributed by atoms with Crippen LogP contribution in [0.15, 0.2) is 99.9 Å². The topological polar surface area (TPSA) is 92.7 Å². The third-order valence-electron chi connectivity index (χ3n) is 3.85. The highest BCUT2D eigenvalue weighted by Gasteiger charge is 2.14. The van der Waals surface area contributed by atoms with Gasteiger partial charge in [-0.2, -0.15) is 10.2 Å². The summed E-state index contributed by atoms with van der Waals surface area (Å²) in [5.41, 5.74) is 3.01. The molecule has 2 heterocycles. The van der Waals surface area contributed by atoms with Gasteiger partial charge < -0.3 is 9.84 Å². The quantitative estimate of drug-likeness (QED) is 0.476. The highest BCUT2D eigenvalue weighted by atomic mass is 16.5. The molecule has 0 bridgehead atoms. The van der Waals surface area contributed by atoms with Crippen molar-refractivity contribution in [2.75, 3.05) is 5.32 Å². The molecule has 4 aromatic rings. The summed E-state index contributed by atoms with van der Waals surface area (Å²) < 4.78 is 5.22. The Morgan fingerprint density at radius 2 is 1.64 bits per heavy atom. The molecule has 4 rings (SSSR count). The molecular weight excluding hydrogens is 354 g/mol. The van der Waals surface area contributed by atoms with Crippen molar-refractivity contribution >= 4 is 23.0 Å². The van der Waals surface area contributed by atoms with Crippen molar-refractivity contribution in [2.24, 2.45) is 10.2 Å². The number of anilines is 1. The van der Waals surface area contributed by atoms with Crippen molar-refractivity contribution in [3.63, 3.8) is 0 Å². The van der Waals surface area contributed by atoms with Gasteiger partial charge in [-0.05, 0) is 48.5 Å². The summed E-state index contributed by atoms with van der Waals surface area (Å²) in [6.07, 6.45) is 3.31. The Morgan fingerprint density at radius 1 is 0.893 bits per heavy atom. The summed E-state index contributed by atoms with van der Waals surface area (Å²) in [4.78, 5) is 16.4. The van der Waals surface area contributed by atoms with Gasteiger partial charge in [0.05, 0.1) is 11.4 Å². The van der Waals surface area contributed by atoms with E-state index in [2.05, 4.69) is 25.7 Å². The minimum Gasteiger partial charge on any atom is -0.355 e. The van der Waals surface area contributed by atoms with Gasteiger partial charge in [-0.25, -0.2) is 0 Å². The smallest absolute Gasteiger partial charge is 0.277 e. The largest absolute Gasteiger partial charge is 0.355 e. The Balaban J connectivity index is 1.41. The molecule has 0 aliphatic rings. The number of aromatic nitrogens is 2. The highest BCUT2D eigenvalue weighted by Crippen LogP contribution is 2.22. The van der Waals surface area contributed by atoms with Crippen molar-refractivity contribution in [3.8, 4) is 11.3 Å². The number of benzene rings is 2. The molecule has 0 radical (unpaired) electrons. The van der Waals surface area contributed by atoms with Gasteiger partial charge in [-0.15, -0.1) is 0 Å². The zero-order chi connectivity index (χ0) is 19.2. The predicted octanol–water partition coefficient (Wildman–Crippen LogP) is 5.40. The minimum absolute atomic E-state index is 0.187. The van der Waals surface area contributed by atoms with E-state index in [0.29, 0.717) is 17.1 Å². The molecule has 2 aromatic carbocycles. The monoisotopic (exact) mass is 369 g/mol. The van der Waals surface area contributed by atoms with Crippen molar-refractivity contribution < 1.29 is 9.32 Å². The van der Waals surface area contributed by atoms with Crippen LogP contribution in [0.2, 0.25) is 0 Å². The van der Waals surface area contributed by atoms with E-state index in [4.69, 9.17) is 4.52 Å². The molecule has 0 saturated carbocycles. The first-order valence-corrected chi connectivity index (χ1v) is 8.53. The van der Waals surface area contributed by atoms with E-state index in [9.17, 15) is 4.79 Å². The number of nitrogens with one attached hydrogen (secondary N) is 1. The molecule has 0 aliphatic heterocycles. The molecule has 7 nitrogen and oxygen atoms in total. The fraction of sp³-hybridized carbons (Fsp3) is 0. The van der Waals surface area contributed by atoms with Crippen molar-refractivity contribution in [3.05, 3.63) is 90.9 Å². The summed E-state index contributed by atoms with van der Waals surface area (Å²) in [6, 6.07) is 21.7. The molecule has 1 amide bonds. The first kappa shape index (κ1) is 17.3. The Morgan fingerprint density at radius 3 is 2.36 bits per heavy atom. The van der Waals surface area contributed by atoms with E-state index in [1.165, 1.54) is 0 Å². The van der Waals surface area contributed by atoms with Crippen LogP contribution in [0.25, 0.3) is 11.3 Å². The molecule has 7 heteroatoms. The van der Waals surface area contributed by atoms with E-state index >= 15 is 0 Å². The first-order valence-electron chi connectivity index (χ1n) is 8.53. The fourth-order valence-electron chi connectivity index (χ4n) is 2.44. The lowest BCUT2D eigenvalue weighted by Crippen LogP contribution is -2.11. The molecule has 0 fully saturated rings. The van der Waals surface area contributed by atoms with Crippen LogP contribution >= 0.6 is 0 Å². The molecule has 0 atom stereocenters. The van der Waals surface area contributed by atoms with Crippen LogP contribution in [0.4, 0.5) is 17.1 Å². The molecule has 0 unspecified atom stereocenters. The molecule has 0 saturated heterocycles. The van der Waals surface area contributed by atoms with Gasteiger partial charge in [-0.1, -0.05) is 23.4 Å². The highest BCUT2D eigenvalue weighted by molar-refractivity contribution is 6.03. The van der Waals surface area contributed by atoms with Gasteiger partial charge in [0.25, 0.3) is 5.91 Å². The zero-order valence-corrected chi connectivity index (χ0v) is 14.7. The number of carbonyl (C=O) groups excluding carboxylic acids is 1. The molecule has 0 spiro atoms. The summed E-state index contributed by atoms with van der Waals surface area (Å²) >= 11 is 0. The van der Waals surface area contributed by atoms with Gasteiger partial charge >= 0.3 is 0 Å². The predicted molar refractivity (Wildman–Crippen MR) is 105 cm³/mol. The molecule has 136 valence electrons. The second-order valence-corrected chi connectivity index (χ2v) is 5.85. The molecule has 1 N–H and O–H groups in total. The maximum absolute atomic E-state index is 12.4. The van der Waals surface area contributed by atoms with Gasteiger partial charge in [0.2, 0.25) is 0 Å². The Kier molecular flexibility index (Phi) is 4.97. The van der Waals surface area contributed by atoms with Gasteiger partial charge in [-0.3, -0.25) is 9.78 Å². The summed E-state index contributed by atoms with van der Waals surface area (Å²) in [6.45, 7) is 0. The third-order valence-corrected chi connectivity index (χ3v) is 3.85. The van der Waals surface area contributed by atoms with Crippen LogP contribution in [0, 0.1) is 0 Å². The first-order chi connectivity index (χ1) is 13.8. The Hall–Kier alpha value is -4.13. The minimum atomic E-state index is -0.363. The van der Waals surface area contributed by atoms with Gasteiger partial charge in [0.1, 0.15) is 0 Å². The average molecular weight is 369 g/mol. The Bertz CT molecular complexity index is 1090. The van der Waals surface area contributed by atoms with Crippen LogP contribution in [0.1, 0.15) is 10.5 Å². The van der Waals surface area contributed by atoms with Crippen molar-refractivity contribution in [1.82, 2.24) is 10.1 Å². The van der Waals surface area contributed by atoms with Crippen LogP contribution < -0.4 is 5.32 Å². The SMILES string of the molecule is O=C(Nc1ccc(N=Nc2ccccc2)cc1)c1cc(-c2cccnc2)on1. The molecule has 28 heavy (non-hydrogen) atoms. The number of hydrogen-bond donors (Lipinski definition) is 1. The molecule has 2 aromatic heterocycles. The maximum atomic E-state index is 12.4. The number of rotatable bonds is 5. The van der Waals surface area contributed by atoms with E-state index in [0.717, 1.165) is 11.3 Å². The van der Waals surface area contributed by atoms with Crippen LogP contribution in [0.3, 0.4) is 0 Å². The number of pyridine rings is 1. The van der Waals surface area contributed by atoms with E-state index < -0.39 is 0 Å². The maximum Gasteiger partial charge on any atom is 0.277 e. The summed E-state index contributed by atoms with van der Waals surface area (Å²) in [5.74, 6) is 0.118. The summed E-state index contributed by atoms with van der Waals surface area (Å²) in [7, 11) is 0. The number of nitrogens with zero attached hydrogens (tertiary/aromatic N) is 4. The Labute approximate surface area is 160 Å². The molecular formula is C21H15N5O2. The number of azo groups is 1.